The highest BCUT2D eigenvalue weighted by Gasteiger charge is 2.45. The zero-order valence-electron chi connectivity index (χ0n) is 20.1. The number of nitrogens with zero attached hydrogens (tertiary/aromatic N) is 2. The van der Waals surface area contributed by atoms with Gasteiger partial charge in [0.25, 0.3) is 0 Å². The van der Waals surface area contributed by atoms with Crippen LogP contribution in [0.25, 0.3) is 0 Å². The zero-order chi connectivity index (χ0) is 23.8. The summed E-state index contributed by atoms with van der Waals surface area (Å²) in [5, 5.41) is 3.11. The summed E-state index contributed by atoms with van der Waals surface area (Å²) in [4.78, 5) is 27.8. The topological polar surface area (TPSA) is 86.8 Å². The minimum atomic E-state index is -3.62. The van der Waals surface area contributed by atoms with Crippen molar-refractivity contribution in [1.82, 2.24) is 9.62 Å². The molecule has 0 spiro atoms. The fourth-order valence-electron chi connectivity index (χ4n) is 5.48. The first-order valence-electron chi connectivity index (χ1n) is 12.4. The number of hydrogen-bond donors (Lipinski definition) is 1. The molecule has 3 aliphatic rings. The van der Waals surface area contributed by atoms with E-state index in [1.807, 2.05) is 0 Å². The van der Waals surface area contributed by atoms with E-state index in [2.05, 4.69) is 12.2 Å². The van der Waals surface area contributed by atoms with Crippen molar-refractivity contribution in [3.8, 4) is 0 Å². The molecule has 2 amide bonds. The maximum Gasteiger partial charge on any atom is 0.243 e. The Labute approximate surface area is 198 Å². The molecule has 1 saturated carbocycles. The van der Waals surface area contributed by atoms with Gasteiger partial charge in [0.2, 0.25) is 21.8 Å². The van der Waals surface area contributed by atoms with Crippen molar-refractivity contribution in [3.05, 3.63) is 23.8 Å². The van der Waals surface area contributed by atoms with Crippen molar-refractivity contribution in [1.29, 1.82) is 0 Å². The van der Waals surface area contributed by atoms with Crippen molar-refractivity contribution >= 4 is 27.5 Å². The molecular weight excluding hydrogens is 438 g/mol. The Kier molecular flexibility index (Phi) is 6.87. The monoisotopic (exact) mass is 475 g/mol. The number of piperidine rings is 1. The smallest absolute Gasteiger partial charge is 0.243 e. The van der Waals surface area contributed by atoms with Gasteiger partial charge in [0.05, 0.1) is 10.3 Å². The summed E-state index contributed by atoms with van der Waals surface area (Å²) in [6.07, 6.45) is 8.53. The molecule has 1 aromatic rings. The Morgan fingerprint density at radius 1 is 1.09 bits per heavy atom. The Morgan fingerprint density at radius 2 is 1.79 bits per heavy atom. The van der Waals surface area contributed by atoms with E-state index in [1.54, 1.807) is 36.4 Å². The molecule has 7 nitrogen and oxygen atoms in total. The number of hydrogen-bond acceptors (Lipinski definition) is 4. The molecular formula is C25H37N3O4S. The Hall–Kier alpha value is -1.93. The molecule has 4 rings (SSSR count). The van der Waals surface area contributed by atoms with Crippen molar-refractivity contribution in [2.24, 2.45) is 5.92 Å². The summed E-state index contributed by atoms with van der Waals surface area (Å²) in [5.41, 5.74) is 0.409. The summed E-state index contributed by atoms with van der Waals surface area (Å²) >= 11 is 0. The van der Waals surface area contributed by atoms with Gasteiger partial charge in [0, 0.05) is 24.8 Å². The van der Waals surface area contributed by atoms with Crippen LogP contribution < -0.4 is 10.2 Å². The van der Waals surface area contributed by atoms with Crippen LogP contribution in [-0.4, -0.2) is 50.2 Å². The average molecular weight is 476 g/mol. The summed E-state index contributed by atoms with van der Waals surface area (Å²) in [7, 11) is -3.62. The SMILES string of the molecule is C[C@@H]1CCCN(S(=O)(=O)c2ccc3c(c2)C(C)(C)C(=O)N3CC(=O)NC2CCCCCC2)C1. The molecule has 2 fully saturated rings. The van der Waals surface area contributed by atoms with Gasteiger partial charge in [-0.2, -0.15) is 4.31 Å². The predicted molar refractivity (Wildman–Crippen MR) is 129 cm³/mol. The maximum atomic E-state index is 13.3. The fourth-order valence-corrected chi connectivity index (χ4v) is 7.11. The predicted octanol–water partition coefficient (Wildman–Crippen LogP) is 3.57. The lowest BCUT2D eigenvalue weighted by molar-refractivity contribution is -0.126. The van der Waals surface area contributed by atoms with E-state index < -0.39 is 15.4 Å². The molecule has 1 atom stereocenters. The number of nitrogens with one attached hydrogen (secondary N) is 1. The second-order valence-corrected chi connectivity index (χ2v) is 12.5. The number of carbonyl (C=O) groups excluding carboxylic acids is 2. The Bertz CT molecular complexity index is 1010. The number of rotatable bonds is 5. The standard InChI is InChI=1S/C25H37N3O4S/c1-18-9-8-14-27(16-18)33(31,32)20-12-13-22-21(15-20)25(2,3)24(30)28(22)17-23(29)26-19-10-6-4-5-7-11-19/h12-13,15,18-19H,4-11,14,16-17H2,1-3H3,(H,26,29)/t18-/m1/s1. The van der Waals surface area contributed by atoms with Gasteiger partial charge in [-0.25, -0.2) is 8.42 Å². The molecule has 1 saturated heterocycles. The van der Waals surface area contributed by atoms with Crippen molar-refractivity contribution in [2.45, 2.75) is 88.5 Å². The van der Waals surface area contributed by atoms with Crippen molar-refractivity contribution < 1.29 is 18.0 Å². The first-order valence-corrected chi connectivity index (χ1v) is 13.8. The number of sulfonamides is 1. The molecule has 182 valence electrons. The first kappa shape index (κ1) is 24.2. The van der Waals surface area contributed by atoms with Crippen LogP contribution in [0.1, 0.15) is 77.7 Å². The van der Waals surface area contributed by atoms with E-state index >= 15 is 0 Å². The van der Waals surface area contributed by atoms with Gasteiger partial charge in [-0.1, -0.05) is 32.6 Å². The number of carbonyl (C=O) groups is 2. The molecule has 1 N–H and O–H groups in total. The van der Waals surface area contributed by atoms with E-state index in [1.165, 1.54) is 17.7 Å². The van der Waals surface area contributed by atoms with Crippen LogP contribution in [0, 0.1) is 5.92 Å². The van der Waals surface area contributed by atoms with Gasteiger partial charge < -0.3 is 10.2 Å². The number of anilines is 1. The lowest BCUT2D eigenvalue weighted by Crippen LogP contribution is -2.45. The molecule has 1 aliphatic carbocycles. The largest absolute Gasteiger partial charge is 0.352 e. The maximum absolute atomic E-state index is 13.3. The molecule has 0 aromatic heterocycles. The molecule has 1 aromatic carbocycles. The van der Waals surface area contributed by atoms with E-state index in [0.29, 0.717) is 30.3 Å². The number of amides is 2. The first-order chi connectivity index (χ1) is 15.6. The summed E-state index contributed by atoms with van der Waals surface area (Å²) < 4.78 is 28.2. The molecule has 0 radical (unpaired) electrons. The van der Waals surface area contributed by atoms with E-state index in [0.717, 1.165) is 38.5 Å². The number of fused-ring (bicyclic) bond motifs is 1. The Balaban J connectivity index is 1.55. The van der Waals surface area contributed by atoms with Gasteiger partial charge >= 0.3 is 0 Å². The third-order valence-corrected chi connectivity index (χ3v) is 9.35. The highest BCUT2D eigenvalue weighted by atomic mass is 32.2. The quantitative estimate of drug-likeness (QED) is 0.660. The normalized spacial score (nSPS) is 24.4. The van der Waals surface area contributed by atoms with E-state index in [4.69, 9.17) is 0 Å². The van der Waals surface area contributed by atoms with Gasteiger partial charge in [-0.15, -0.1) is 0 Å². The van der Waals surface area contributed by atoms with Crippen LogP contribution in [0.5, 0.6) is 0 Å². The minimum Gasteiger partial charge on any atom is -0.352 e. The van der Waals surface area contributed by atoms with Crippen molar-refractivity contribution in [2.75, 3.05) is 24.5 Å². The summed E-state index contributed by atoms with van der Waals surface area (Å²) in [6.45, 7) is 6.69. The molecule has 8 heteroatoms. The van der Waals surface area contributed by atoms with Crippen molar-refractivity contribution in [3.63, 3.8) is 0 Å². The van der Waals surface area contributed by atoms with Crippen LogP contribution in [0.2, 0.25) is 0 Å². The van der Waals surface area contributed by atoms with Crippen LogP contribution in [-0.2, 0) is 25.0 Å². The van der Waals surface area contributed by atoms with Crippen LogP contribution >= 0.6 is 0 Å². The second kappa shape index (κ2) is 9.37. The minimum absolute atomic E-state index is 0.0402. The molecule has 2 heterocycles. The van der Waals surface area contributed by atoms with Crippen LogP contribution in [0.15, 0.2) is 23.1 Å². The summed E-state index contributed by atoms with van der Waals surface area (Å²) in [5.74, 6) is 0.0102. The van der Waals surface area contributed by atoms with E-state index in [-0.39, 0.29) is 29.3 Å². The molecule has 2 aliphatic heterocycles. The zero-order valence-corrected chi connectivity index (χ0v) is 20.9. The average Bonchev–Trinajstić information content (AvgIpc) is 2.95. The van der Waals surface area contributed by atoms with E-state index in [9.17, 15) is 18.0 Å². The Morgan fingerprint density at radius 3 is 2.45 bits per heavy atom. The highest BCUT2D eigenvalue weighted by molar-refractivity contribution is 7.89. The lowest BCUT2D eigenvalue weighted by atomic mass is 9.86. The van der Waals surface area contributed by atoms with Gasteiger partial charge in [-0.3, -0.25) is 9.59 Å². The molecule has 33 heavy (non-hydrogen) atoms. The number of benzene rings is 1. The second-order valence-electron chi connectivity index (χ2n) is 10.6. The third kappa shape index (κ3) is 4.83. The fraction of sp³-hybridized carbons (Fsp3) is 0.680. The molecule has 0 unspecified atom stereocenters. The van der Waals surface area contributed by atoms with Gasteiger partial charge in [0.1, 0.15) is 6.54 Å². The third-order valence-electron chi connectivity index (χ3n) is 7.49. The summed E-state index contributed by atoms with van der Waals surface area (Å²) in [6, 6.07) is 5.09. The highest BCUT2D eigenvalue weighted by Crippen LogP contribution is 2.43. The van der Waals surface area contributed by atoms with Gasteiger partial charge in [0.15, 0.2) is 0 Å². The lowest BCUT2D eigenvalue weighted by Gasteiger charge is -2.30. The molecule has 0 bridgehead atoms. The van der Waals surface area contributed by atoms with Gasteiger partial charge in [-0.05, 0) is 69.2 Å². The van der Waals surface area contributed by atoms with Crippen LogP contribution in [0.4, 0.5) is 5.69 Å². The van der Waals surface area contributed by atoms with Crippen LogP contribution in [0.3, 0.4) is 0 Å².